The van der Waals surface area contributed by atoms with Crippen LogP contribution in [0.15, 0.2) is 24.3 Å². The van der Waals surface area contributed by atoms with Crippen LogP contribution >= 0.6 is 0 Å². The Morgan fingerprint density at radius 2 is 1.52 bits per heavy atom. The van der Waals surface area contributed by atoms with E-state index in [9.17, 15) is 9.50 Å². The molecule has 5 nitrogen and oxygen atoms in total. The van der Waals surface area contributed by atoms with Crippen LogP contribution in [0, 0.1) is 5.82 Å². The molecule has 0 amide bonds. The van der Waals surface area contributed by atoms with Crippen molar-refractivity contribution in [2.75, 3.05) is 53.4 Å². The Morgan fingerprint density at radius 3 is 2.14 bits per heavy atom. The van der Waals surface area contributed by atoms with E-state index in [1.165, 1.54) is 12.1 Å². The molecule has 1 atom stereocenters. The molecule has 0 fully saturated rings. The van der Waals surface area contributed by atoms with Crippen LogP contribution in [0.3, 0.4) is 0 Å². The second-order valence-electron chi connectivity index (χ2n) is 4.33. The van der Waals surface area contributed by atoms with Gasteiger partial charge in [-0.2, -0.15) is 0 Å². The molecule has 6 heteroatoms. The van der Waals surface area contributed by atoms with Gasteiger partial charge in [0.2, 0.25) is 0 Å². The number of hydrogen-bond acceptors (Lipinski definition) is 5. The normalized spacial score (nSPS) is 12.5. The molecule has 1 N–H and O–H groups in total. The Balaban J connectivity index is 1.98. The first kappa shape index (κ1) is 18.0. The molecule has 0 aliphatic rings. The number of halogens is 1. The first-order chi connectivity index (χ1) is 10.3. The largest absolute Gasteiger partial charge is 0.386 e. The average Bonchev–Trinajstić information content (AvgIpc) is 2.49. The second-order valence-corrected chi connectivity index (χ2v) is 4.33. The van der Waals surface area contributed by atoms with Gasteiger partial charge in [0.25, 0.3) is 0 Å². The van der Waals surface area contributed by atoms with E-state index in [1.54, 1.807) is 19.2 Å². The van der Waals surface area contributed by atoms with Crippen molar-refractivity contribution in [3.05, 3.63) is 35.6 Å². The van der Waals surface area contributed by atoms with Crippen LogP contribution in [0.25, 0.3) is 0 Å². The average molecular weight is 302 g/mol. The predicted molar refractivity (Wildman–Crippen MR) is 75.7 cm³/mol. The van der Waals surface area contributed by atoms with Crippen molar-refractivity contribution in [1.82, 2.24) is 0 Å². The molecule has 0 bridgehead atoms. The van der Waals surface area contributed by atoms with Gasteiger partial charge in [0, 0.05) is 12.7 Å². The number of rotatable bonds is 12. The molecule has 0 spiro atoms. The van der Waals surface area contributed by atoms with E-state index in [0.717, 1.165) is 0 Å². The highest BCUT2D eigenvalue weighted by atomic mass is 19.1. The third-order valence-electron chi connectivity index (χ3n) is 2.72. The van der Waals surface area contributed by atoms with E-state index in [0.29, 0.717) is 39.6 Å². The summed E-state index contributed by atoms with van der Waals surface area (Å²) in [4.78, 5) is 0. The maximum atomic E-state index is 13.4. The van der Waals surface area contributed by atoms with Crippen LogP contribution in [0.5, 0.6) is 0 Å². The summed E-state index contributed by atoms with van der Waals surface area (Å²) in [6, 6.07) is 6.10. The monoisotopic (exact) mass is 302 g/mol. The summed E-state index contributed by atoms with van der Waals surface area (Å²) in [5.74, 6) is -0.432. The minimum atomic E-state index is -0.969. The van der Waals surface area contributed by atoms with E-state index < -0.39 is 11.9 Å². The van der Waals surface area contributed by atoms with Crippen LogP contribution in [-0.4, -0.2) is 58.5 Å². The van der Waals surface area contributed by atoms with E-state index in [2.05, 4.69) is 0 Å². The SMILES string of the molecule is COCCOCCOCCOCC(O)c1ccccc1F. The molecule has 1 rings (SSSR count). The van der Waals surface area contributed by atoms with Gasteiger partial charge in [0.15, 0.2) is 0 Å². The van der Waals surface area contributed by atoms with Gasteiger partial charge < -0.3 is 24.1 Å². The number of aliphatic hydroxyl groups excluding tert-OH is 1. The molecule has 0 saturated heterocycles. The van der Waals surface area contributed by atoms with Crippen LogP contribution in [0.2, 0.25) is 0 Å². The number of methoxy groups -OCH3 is 1. The van der Waals surface area contributed by atoms with Crippen molar-refractivity contribution in [3.8, 4) is 0 Å². The van der Waals surface area contributed by atoms with Gasteiger partial charge in [-0.15, -0.1) is 0 Å². The fraction of sp³-hybridized carbons (Fsp3) is 0.600. The van der Waals surface area contributed by atoms with Crippen molar-refractivity contribution in [2.45, 2.75) is 6.10 Å². The topological polar surface area (TPSA) is 57.2 Å². The quantitative estimate of drug-likeness (QED) is 0.594. The Labute approximate surface area is 124 Å². The predicted octanol–water partition coefficient (Wildman–Crippen LogP) is 1.56. The van der Waals surface area contributed by atoms with E-state index in [1.807, 2.05) is 0 Å². The number of ether oxygens (including phenoxy) is 4. The van der Waals surface area contributed by atoms with Gasteiger partial charge in [-0.3, -0.25) is 0 Å². The Kier molecular flexibility index (Phi) is 9.94. The third kappa shape index (κ3) is 8.08. The lowest BCUT2D eigenvalue weighted by atomic mass is 10.1. The maximum absolute atomic E-state index is 13.4. The summed E-state index contributed by atoms with van der Waals surface area (Å²) in [5.41, 5.74) is 0.241. The number of hydrogen-bond donors (Lipinski definition) is 1. The standard InChI is InChI=1S/C15H23FO5/c1-18-6-7-19-8-9-20-10-11-21-12-15(17)13-4-2-3-5-14(13)16/h2-5,15,17H,6-12H2,1H3. The highest BCUT2D eigenvalue weighted by Crippen LogP contribution is 2.16. The highest BCUT2D eigenvalue weighted by molar-refractivity contribution is 5.19. The minimum absolute atomic E-state index is 0.0363. The first-order valence-electron chi connectivity index (χ1n) is 6.90. The van der Waals surface area contributed by atoms with Crippen molar-refractivity contribution in [2.24, 2.45) is 0 Å². The van der Waals surface area contributed by atoms with Crippen molar-refractivity contribution < 1.29 is 28.4 Å². The maximum Gasteiger partial charge on any atom is 0.129 e. The Hall–Kier alpha value is -1.05. The molecule has 120 valence electrons. The number of aliphatic hydroxyl groups is 1. The zero-order valence-electron chi connectivity index (χ0n) is 12.3. The van der Waals surface area contributed by atoms with Gasteiger partial charge in [-0.05, 0) is 6.07 Å². The third-order valence-corrected chi connectivity index (χ3v) is 2.72. The summed E-state index contributed by atoms with van der Waals surface area (Å²) in [6.07, 6.45) is -0.969. The van der Waals surface area contributed by atoms with Crippen molar-refractivity contribution >= 4 is 0 Å². The molecular weight excluding hydrogens is 279 g/mol. The van der Waals surface area contributed by atoms with Gasteiger partial charge in [0.05, 0.1) is 46.2 Å². The smallest absolute Gasteiger partial charge is 0.129 e. The molecular formula is C15H23FO5. The minimum Gasteiger partial charge on any atom is -0.386 e. The molecule has 21 heavy (non-hydrogen) atoms. The van der Waals surface area contributed by atoms with E-state index in [4.69, 9.17) is 18.9 Å². The molecule has 0 radical (unpaired) electrons. The molecule has 0 saturated carbocycles. The zero-order chi connectivity index (χ0) is 15.3. The Bertz CT molecular complexity index is 375. The van der Waals surface area contributed by atoms with E-state index >= 15 is 0 Å². The molecule has 1 unspecified atom stereocenters. The van der Waals surface area contributed by atoms with Gasteiger partial charge >= 0.3 is 0 Å². The van der Waals surface area contributed by atoms with E-state index in [-0.39, 0.29) is 12.2 Å². The molecule has 1 aromatic carbocycles. The van der Waals surface area contributed by atoms with Crippen LogP contribution in [0.4, 0.5) is 4.39 Å². The fourth-order valence-electron chi connectivity index (χ4n) is 1.61. The summed E-state index contributed by atoms with van der Waals surface area (Å²) < 4.78 is 34.0. The number of benzene rings is 1. The van der Waals surface area contributed by atoms with Crippen LogP contribution in [0.1, 0.15) is 11.7 Å². The second kappa shape index (κ2) is 11.6. The zero-order valence-corrected chi connectivity index (χ0v) is 12.3. The molecule has 1 aromatic rings. The summed E-state index contributed by atoms with van der Waals surface area (Å²) >= 11 is 0. The van der Waals surface area contributed by atoms with Gasteiger partial charge in [-0.25, -0.2) is 4.39 Å². The molecule has 0 aliphatic heterocycles. The van der Waals surface area contributed by atoms with Crippen molar-refractivity contribution in [1.29, 1.82) is 0 Å². The van der Waals surface area contributed by atoms with Crippen LogP contribution < -0.4 is 0 Å². The lowest BCUT2D eigenvalue weighted by molar-refractivity contribution is -0.0153. The first-order valence-corrected chi connectivity index (χ1v) is 6.90. The summed E-state index contributed by atoms with van der Waals surface area (Å²) in [7, 11) is 1.62. The lowest BCUT2D eigenvalue weighted by Gasteiger charge is -2.12. The Morgan fingerprint density at radius 1 is 0.952 bits per heavy atom. The molecule has 0 aliphatic carbocycles. The van der Waals surface area contributed by atoms with Crippen LogP contribution in [-0.2, 0) is 18.9 Å². The van der Waals surface area contributed by atoms with Crippen molar-refractivity contribution in [3.63, 3.8) is 0 Å². The highest BCUT2D eigenvalue weighted by Gasteiger charge is 2.11. The fourth-order valence-corrected chi connectivity index (χ4v) is 1.61. The lowest BCUT2D eigenvalue weighted by Crippen LogP contribution is -2.14. The molecule has 0 aromatic heterocycles. The summed E-state index contributed by atoms with van der Waals surface area (Å²) in [6.45, 7) is 2.86. The van der Waals surface area contributed by atoms with Gasteiger partial charge in [0.1, 0.15) is 11.9 Å². The van der Waals surface area contributed by atoms with Gasteiger partial charge in [-0.1, -0.05) is 18.2 Å². The molecule has 0 heterocycles. The summed E-state index contributed by atoms with van der Waals surface area (Å²) in [5, 5.41) is 9.79.